The summed E-state index contributed by atoms with van der Waals surface area (Å²) in [6.45, 7) is 11.4. The molecule has 2 nitrogen and oxygen atoms in total. The summed E-state index contributed by atoms with van der Waals surface area (Å²) < 4.78 is 0. The van der Waals surface area contributed by atoms with Crippen LogP contribution in [0.25, 0.3) is 0 Å². The predicted molar refractivity (Wildman–Crippen MR) is 86.9 cm³/mol. The van der Waals surface area contributed by atoms with Crippen LogP contribution in [0.1, 0.15) is 55.8 Å². The summed E-state index contributed by atoms with van der Waals surface area (Å²) in [5.74, 6) is 0.687. The lowest BCUT2D eigenvalue weighted by Crippen LogP contribution is -2.42. The standard InChI is InChI=1S/C18H30N2/c1-13(2)12-20-11-6-5-10-16(19)18(20)17-14(3)8-7-9-15(17)4/h7-9,13,16,18H,5-6,10-12,19H2,1-4H3. The van der Waals surface area contributed by atoms with Gasteiger partial charge in [-0.2, -0.15) is 0 Å². The van der Waals surface area contributed by atoms with E-state index in [4.69, 9.17) is 5.73 Å². The molecule has 0 saturated carbocycles. The molecule has 1 saturated heterocycles. The van der Waals surface area contributed by atoms with Crippen molar-refractivity contribution in [1.82, 2.24) is 4.90 Å². The van der Waals surface area contributed by atoms with Gasteiger partial charge >= 0.3 is 0 Å². The highest BCUT2D eigenvalue weighted by Crippen LogP contribution is 2.33. The van der Waals surface area contributed by atoms with E-state index in [-0.39, 0.29) is 6.04 Å². The SMILES string of the molecule is Cc1cccc(C)c1C1C(N)CCCCN1CC(C)C. The molecule has 0 radical (unpaired) electrons. The number of likely N-dealkylation sites (tertiary alicyclic amines) is 1. The number of nitrogens with two attached hydrogens (primary N) is 1. The summed E-state index contributed by atoms with van der Waals surface area (Å²) in [5, 5.41) is 0. The third kappa shape index (κ3) is 3.42. The summed E-state index contributed by atoms with van der Waals surface area (Å²) in [7, 11) is 0. The quantitative estimate of drug-likeness (QED) is 0.908. The molecule has 1 aliphatic heterocycles. The van der Waals surface area contributed by atoms with E-state index in [1.807, 2.05) is 0 Å². The molecule has 1 aromatic carbocycles. The zero-order chi connectivity index (χ0) is 14.7. The van der Waals surface area contributed by atoms with Gasteiger partial charge in [-0.3, -0.25) is 4.90 Å². The highest BCUT2D eigenvalue weighted by molar-refractivity contribution is 5.37. The molecule has 2 atom stereocenters. The topological polar surface area (TPSA) is 29.3 Å². The minimum Gasteiger partial charge on any atom is -0.326 e. The lowest BCUT2D eigenvalue weighted by atomic mass is 9.89. The summed E-state index contributed by atoms with van der Waals surface area (Å²) in [6.07, 6.45) is 3.69. The number of aryl methyl sites for hydroxylation is 2. The highest BCUT2D eigenvalue weighted by atomic mass is 15.2. The average Bonchev–Trinajstić information content (AvgIpc) is 2.52. The molecule has 0 spiro atoms. The van der Waals surface area contributed by atoms with Gasteiger partial charge in [-0.25, -0.2) is 0 Å². The Kier molecular flexibility index (Phi) is 5.22. The van der Waals surface area contributed by atoms with Crippen molar-refractivity contribution in [2.75, 3.05) is 13.1 Å². The van der Waals surface area contributed by atoms with Crippen molar-refractivity contribution in [3.63, 3.8) is 0 Å². The molecule has 1 aromatic rings. The second kappa shape index (κ2) is 6.73. The summed E-state index contributed by atoms with van der Waals surface area (Å²) in [5.41, 5.74) is 10.8. The first-order valence-electron chi connectivity index (χ1n) is 8.06. The van der Waals surface area contributed by atoms with Crippen LogP contribution in [0.5, 0.6) is 0 Å². The van der Waals surface area contributed by atoms with Crippen LogP contribution >= 0.6 is 0 Å². The van der Waals surface area contributed by atoms with Gasteiger partial charge in [0, 0.05) is 12.6 Å². The maximum atomic E-state index is 6.57. The van der Waals surface area contributed by atoms with Gasteiger partial charge in [0.05, 0.1) is 6.04 Å². The van der Waals surface area contributed by atoms with E-state index in [0.717, 1.165) is 13.0 Å². The number of nitrogens with zero attached hydrogens (tertiary/aromatic N) is 1. The molecule has 2 rings (SSSR count). The van der Waals surface area contributed by atoms with Crippen molar-refractivity contribution in [1.29, 1.82) is 0 Å². The van der Waals surface area contributed by atoms with E-state index in [1.165, 1.54) is 36.1 Å². The molecule has 2 heteroatoms. The molecule has 0 amide bonds. The van der Waals surface area contributed by atoms with Crippen molar-refractivity contribution in [3.05, 3.63) is 34.9 Å². The Hall–Kier alpha value is -0.860. The van der Waals surface area contributed by atoms with E-state index in [2.05, 4.69) is 50.8 Å². The first-order valence-corrected chi connectivity index (χ1v) is 8.06. The van der Waals surface area contributed by atoms with Crippen molar-refractivity contribution in [3.8, 4) is 0 Å². The molecule has 0 aromatic heterocycles. The van der Waals surface area contributed by atoms with E-state index in [0.29, 0.717) is 12.0 Å². The minimum absolute atomic E-state index is 0.260. The van der Waals surface area contributed by atoms with Crippen LogP contribution in [0, 0.1) is 19.8 Å². The molecular weight excluding hydrogens is 244 g/mol. The Balaban J connectivity index is 2.40. The van der Waals surface area contributed by atoms with Gasteiger partial charge < -0.3 is 5.73 Å². The van der Waals surface area contributed by atoms with Crippen LogP contribution in [0.4, 0.5) is 0 Å². The summed E-state index contributed by atoms with van der Waals surface area (Å²) in [6, 6.07) is 7.27. The maximum absolute atomic E-state index is 6.57. The summed E-state index contributed by atoms with van der Waals surface area (Å²) >= 11 is 0. The van der Waals surface area contributed by atoms with Gasteiger partial charge in [0.25, 0.3) is 0 Å². The smallest absolute Gasteiger partial charge is 0.0504 e. The van der Waals surface area contributed by atoms with E-state index in [9.17, 15) is 0 Å². The fourth-order valence-corrected chi connectivity index (χ4v) is 3.63. The van der Waals surface area contributed by atoms with Crippen molar-refractivity contribution < 1.29 is 0 Å². The molecule has 1 aliphatic rings. The molecular formula is C18H30N2. The fourth-order valence-electron chi connectivity index (χ4n) is 3.63. The van der Waals surface area contributed by atoms with Gasteiger partial charge in [-0.05, 0) is 55.8 Å². The average molecular weight is 274 g/mol. The van der Waals surface area contributed by atoms with Crippen LogP contribution in [-0.4, -0.2) is 24.0 Å². The molecule has 0 bridgehead atoms. The highest BCUT2D eigenvalue weighted by Gasteiger charge is 2.30. The number of hydrogen-bond donors (Lipinski definition) is 1. The van der Waals surface area contributed by atoms with Gasteiger partial charge in [0.1, 0.15) is 0 Å². The van der Waals surface area contributed by atoms with E-state index >= 15 is 0 Å². The van der Waals surface area contributed by atoms with Gasteiger partial charge in [-0.1, -0.05) is 38.5 Å². The van der Waals surface area contributed by atoms with E-state index < -0.39 is 0 Å². The molecule has 1 heterocycles. The van der Waals surface area contributed by atoms with Crippen molar-refractivity contribution >= 4 is 0 Å². The van der Waals surface area contributed by atoms with Crippen LogP contribution in [-0.2, 0) is 0 Å². The molecule has 112 valence electrons. The second-order valence-electron chi connectivity index (χ2n) is 6.80. The largest absolute Gasteiger partial charge is 0.326 e. The van der Waals surface area contributed by atoms with Crippen LogP contribution < -0.4 is 5.73 Å². The molecule has 1 fully saturated rings. The normalized spacial score (nSPS) is 24.9. The third-order valence-electron chi connectivity index (χ3n) is 4.47. The monoisotopic (exact) mass is 274 g/mol. The second-order valence-corrected chi connectivity index (χ2v) is 6.80. The molecule has 20 heavy (non-hydrogen) atoms. The number of hydrogen-bond acceptors (Lipinski definition) is 2. The number of rotatable bonds is 3. The Morgan fingerprint density at radius 2 is 1.85 bits per heavy atom. The predicted octanol–water partition coefficient (Wildman–Crippen LogP) is 3.81. The fraction of sp³-hybridized carbons (Fsp3) is 0.667. The summed E-state index contributed by atoms with van der Waals surface area (Å²) in [4.78, 5) is 2.64. The van der Waals surface area contributed by atoms with Gasteiger partial charge in [-0.15, -0.1) is 0 Å². The van der Waals surface area contributed by atoms with Crippen molar-refractivity contribution in [2.24, 2.45) is 11.7 Å². The lowest BCUT2D eigenvalue weighted by molar-refractivity contribution is 0.164. The zero-order valence-corrected chi connectivity index (χ0v) is 13.5. The lowest BCUT2D eigenvalue weighted by Gasteiger charge is -2.36. The Morgan fingerprint density at radius 1 is 1.20 bits per heavy atom. The van der Waals surface area contributed by atoms with Crippen LogP contribution in [0.2, 0.25) is 0 Å². The van der Waals surface area contributed by atoms with Gasteiger partial charge in [0.15, 0.2) is 0 Å². The van der Waals surface area contributed by atoms with Gasteiger partial charge in [0.2, 0.25) is 0 Å². The molecule has 2 N–H and O–H groups in total. The molecule has 0 aliphatic carbocycles. The van der Waals surface area contributed by atoms with Crippen LogP contribution in [0.15, 0.2) is 18.2 Å². The Morgan fingerprint density at radius 3 is 2.45 bits per heavy atom. The Bertz CT molecular complexity index is 419. The zero-order valence-electron chi connectivity index (χ0n) is 13.5. The first kappa shape index (κ1) is 15.5. The first-order chi connectivity index (χ1) is 9.50. The Labute approximate surface area is 124 Å². The third-order valence-corrected chi connectivity index (χ3v) is 4.47. The molecule has 2 unspecified atom stereocenters. The van der Waals surface area contributed by atoms with Crippen molar-refractivity contribution in [2.45, 2.75) is 59.0 Å². The number of benzene rings is 1. The van der Waals surface area contributed by atoms with E-state index in [1.54, 1.807) is 0 Å². The van der Waals surface area contributed by atoms with Crippen LogP contribution in [0.3, 0.4) is 0 Å². The minimum atomic E-state index is 0.260. The maximum Gasteiger partial charge on any atom is 0.0504 e.